The molecule has 1 aliphatic rings. The summed E-state index contributed by atoms with van der Waals surface area (Å²) in [6, 6.07) is 35.0. The van der Waals surface area contributed by atoms with Gasteiger partial charge in [0.1, 0.15) is 18.4 Å². The first-order valence-corrected chi connectivity index (χ1v) is 13.5. The van der Waals surface area contributed by atoms with Crippen molar-refractivity contribution in [2.75, 3.05) is 6.61 Å². The summed E-state index contributed by atoms with van der Waals surface area (Å²) in [6.45, 7) is 2.99. The second-order valence-corrected chi connectivity index (χ2v) is 9.81. The fourth-order valence-corrected chi connectivity index (χ4v) is 5.80. The first-order valence-electron chi connectivity index (χ1n) is 13.5. The SMILES string of the molecule is CCCCCCOc1ccc(C2(c3ccc(-c4ncncn4)cc3)c3ccccc3-c3ccccc32)cc1. The van der Waals surface area contributed by atoms with Crippen molar-refractivity contribution in [1.82, 2.24) is 15.0 Å². The number of benzene rings is 4. The average Bonchev–Trinajstić information content (AvgIpc) is 3.29. The fraction of sp³-hybridized carbons (Fsp3) is 0.206. The maximum atomic E-state index is 6.09. The molecule has 0 spiro atoms. The predicted octanol–water partition coefficient (Wildman–Crippen LogP) is 7.86. The van der Waals surface area contributed by atoms with Crippen molar-refractivity contribution < 1.29 is 4.74 Å². The summed E-state index contributed by atoms with van der Waals surface area (Å²) in [6.07, 6.45) is 7.87. The zero-order valence-corrected chi connectivity index (χ0v) is 21.7. The van der Waals surface area contributed by atoms with Crippen LogP contribution < -0.4 is 4.74 Å². The molecule has 38 heavy (non-hydrogen) atoms. The standard InChI is InChI=1S/C34H31N3O/c1-2-3-4-9-22-38-28-20-18-27(19-21-28)34(26-16-14-25(15-17-26)33-36-23-35-24-37-33)31-12-7-5-10-29(31)30-11-6-8-13-32(30)34/h5-8,10-21,23-24H,2-4,9,22H2,1H3. The zero-order chi connectivity index (χ0) is 25.8. The molecule has 0 bridgehead atoms. The molecule has 188 valence electrons. The second-order valence-electron chi connectivity index (χ2n) is 9.81. The second kappa shape index (κ2) is 10.6. The van der Waals surface area contributed by atoms with E-state index in [1.807, 2.05) is 0 Å². The molecule has 0 saturated heterocycles. The summed E-state index contributed by atoms with van der Waals surface area (Å²) in [5, 5.41) is 0. The van der Waals surface area contributed by atoms with Gasteiger partial charge in [-0.3, -0.25) is 0 Å². The van der Waals surface area contributed by atoms with Crippen LogP contribution in [-0.4, -0.2) is 21.6 Å². The van der Waals surface area contributed by atoms with Crippen LogP contribution in [-0.2, 0) is 5.41 Å². The van der Waals surface area contributed by atoms with Gasteiger partial charge in [0.15, 0.2) is 5.82 Å². The van der Waals surface area contributed by atoms with Crippen LogP contribution in [0.4, 0.5) is 0 Å². The maximum absolute atomic E-state index is 6.09. The topological polar surface area (TPSA) is 47.9 Å². The molecule has 0 unspecified atom stereocenters. The van der Waals surface area contributed by atoms with E-state index in [2.05, 4.69) is 119 Å². The molecular weight excluding hydrogens is 466 g/mol. The summed E-state index contributed by atoms with van der Waals surface area (Å²) >= 11 is 0. The van der Waals surface area contributed by atoms with Crippen LogP contribution >= 0.6 is 0 Å². The molecule has 1 aromatic heterocycles. The van der Waals surface area contributed by atoms with Crippen LogP contribution in [0.5, 0.6) is 5.75 Å². The smallest absolute Gasteiger partial charge is 0.162 e. The van der Waals surface area contributed by atoms with Crippen molar-refractivity contribution in [3.05, 3.63) is 132 Å². The molecule has 0 amide bonds. The predicted molar refractivity (Wildman–Crippen MR) is 152 cm³/mol. The molecular formula is C34H31N3O. The van der Waals surface area contributed by atoms with Crippen LogP contribution in [0.2, 0.25) is 0 Å². The third kappa shape index (κ3) is 4.16. The number of unbranched alkanes of at least 4 members (excludes halogenated alkanes) is 3. The van der Waals surface area contributed by atoms with Gasteiger partial charge < -0.3 is 4.74 Å². The summed E-state index contributed by atoms with van der Waals surface area (Å²) in [4.78, 5) is 12.6. The molecule has 0 fully saturated rings. The molecule has 5 aromatic rings. The van der Waals surface area contributed by atoms with Gasteiger partial charge in [0, 0.05) is 5.56 Å². The van der Waals surface area contributed by atoms with E-state index in [4.69, 9.17) is 4.74 Å². The highest BCUT2D eigenvalue weighted by Gasteiger charge is 2.45. The number of rotatable bonds is 9. The molecule has 4 nitrogen and oxygen atoms in total. The lowest BCUT2D eigenvalue weighted by Gasteiger charge is -2.34. The van der Waals surface area contributed by atoms with Crippen LogP contribution in [0.15, 0.2) is 110 Å². The summed E-state index contributed by atoms with van der Waals surface area (Å²) in [5.41, 5.74) is 8.11. The molecule has 4 heteroatoms. The Hall–Kier alpha value is -4.31. The Labute approximate surface area is 224 Å². The Balaban J connectivity index is 1.46. The van der Waals surface area contributed by atoms with Crippen LogP contribution in [0, 0.1) is 0 Å². The van der Waals surface area contributed by atoms with E-state index in [9.17, 15) is 0 Å². The minimum absolute atomic E-state index is 0.440. The van der Waals surface area contributed by atoms with Gasteiger partial charge in [-0.1, -0.05) is 111 Å². The average molecular weight is 498 g/mol. The van der Waals surface area contributed by atoms with Gasteiger partial charge in [-0.25, -0.2) is 15.0 Å². The molecule has 0 N–H and O–H groups in total. The minimum atomic E-state index is -0.440. The third-order valence-corrected chi connectivity index (χ3v) is 7.58. The van der Waals surface area contributed by atoms with Gasteiger partial charge in [-0.2, -0.15) is 0 Å². The number of aromatic nitrogens is 3. The number of nitrogens with zero attached hydrogens (tertiary/aromatic N) is 3. The Morgan fingerprint density at radius 1 is 0.632 bits per heavy atom. The molecule has 0 radical (unpaired) electrons. The lowest BCUT2D eigenvalue weighted by Crippen LogP contribution is -2.28. The number of fused-ring (bicyclic) bond motifs is 3. The minimum Gasteiger partial charge on any atom is -0.494 e. The molecule has 0 saturated carbocycles. The van der Waals surface area contributed by atoms with Gasteiger partial charge in [-0.15, -0.1) is 0 Å². The highest BCUT2D eigenvalue weighted by molar-refractivity contribution is 5.86. The third-order valence-electron chi connectivity index (χ3n) is 7.58. The van der Waals surface area contributed by atoms with Gasteiger partial charge in [-0.05, 0) is 51.9 Å². The van der Waals surface area contributed by atoms with E-state index < -0.39 is 5.41 Å². The number of hydrogen-bond acceptors (Lipinski definition) is 4. The van der Waals surface area contributed by atoms with Gasteiger partial charge in [0.2, 0.25) is 0 Å². The highest BCUT2D eigenvalue weighted by atomic mass is 16.5. The van der Waals surface area contributed by atoms with Crippen molar-refractivity contribution in [3.8, 4) is 28.3 Å². The van der Waals surface area contributed by atoms with E-state index in [0.29, 0.717) is 5.82 Å². The maximum Gasteiger partial charge on any atom is 0.162 e. The summed E-state index contributed by atoms with van der Waals surface area (Å²) in [7, 11) is 0. The Morgan fingerprint density at radius 2 is 1.21 bits per heavy atom. The molecule has 4 aromatic carbocycles. The Bertz CT molecular complexity index is 1470. The van der Waals surface area contributed by atoms with Gasteiger partial charge in [0.05, 0.1) is 12.0 Å². The van der Waals surface area contributed by atoms with Crippen molar-refractivity contribution in [1.29, 1.82) is 0 Å². The normalized spacial score (nSPS) is 13.1. The molecule has 6 rings (SSSR count). The zero-order valence-electron chi connectivity index (χ0n) is 21.7. The van der Waals surface area contributed by atoms with Crippen LogP contribution in [0.25, 0.3) is 22.5 Å². The molecule has 0 atom stereocenters. The molecule has 1 heterocycles. The van der Waals surface area contributed by atoms with E-state index >= 15 is 0 Å². The Morgan fingerprint density at radius 3 is 1.82 bits per heavy atom. The summed E-state index contributed by atoms with van der Waals surface area (Å²) in [5.74, 6) is 1.60. The van der Waals surface area contributed by atoms with Crippen molar-refractivity contribution in [3.63, 3.8) is 0 Å². The highest BCUT2D eigenvalue weighted by Crippen LogP contribution is 2.56. The summed E-state index contributed by atoms with van der Waals surface area (Å²) < 4.78 is 6.09. The van der Waals surface area contributed by atoms with Crippen molar-refractivity contribution in [2.45, 2.75) is 38.0 Å². The first-order chi connectivity index (χ1) is 18.8. The van der Waals surface area contributed by atoms with Crippen molar-refractivity contribution in [2.24, 2.45) is 0 Å². The largest absolute Gasteiger partial charge is 0.494 e. The van der Waals surface area contributed by atoms with Crippen LogP contribution in [0.3, 0.4) is 0 Å². The van der Waals surface area contributed by atoms with E-state index in [1.54, 1.807) is 0 Å². The Kier molecular flexibility index (Phi) is 6.70. The van der Waals surface area contributed by atoms with E-state index in [-0.39, 0.29) is 0 Å². The molecule has 1 aliphatic carbocycles. The number of hydrogen-bond donors (Lipinski definition) is 0. The quantitative estimate of drug-likeness (QED) is 0.191. The lowest BCUT2D eigenvalue weighted by atomic mass is 9.67. The van der Waals surface area contributed by atoms with Gasteiger partial charge >= 0.3 is 0 Å². The van der Waals surface area contributed by atoms with E-state index in [1.165, 1.54) is 65.3 Å². The molecule has 0 aliphatic heterocycles. The van der Waals surface area contributed by atoms with E-state index in [0.717, 1.165) is 24.3 Å². The van der Waals surface area contributed by atoms with Gasteiger partial charge in [0.25, 0.3) is 0 Å². The first kappa shape index (κ1) is 24.1. The van der Waals surface area contributed by atoms with Crippen molar-refractivity contribution >= 4 is 0 Å². The monoisotopic (exact) mass is 497 g/mol. The van der Waals surface area contributed by atoms with Crippen LogP contribution in [0.1, 0.15) is 54.9 Å². The fourth-order valence-electron chi connectivity index (χ4n) is 5.80. The number of ether oxygens (including phenoxy) is 1. The lowest BCUT2D eigenvalue weighted by molar-refractivity contribution is 0.305.